The summed E-state index contributed by atoms with van der Waals surface area (Å²) in [6, 6.07) is 25.8. The lowest BCUT2D eigenvalue weighted by Crippen LogP contribution is -2.52. The normalized spacial score (nSPS) is 23.7. The van der Waals surface area contributed by atoms with Gasteiger partial charge in [0.05, 0.1) is 12.7 Å². The Labute approximate surface area is 315 Å². The number of nitrogens with zero attached hydrogens (tertiary/aromatic N) is 5. The number of piperazine rings is 1. The number of phenols is 1. The summed E-state index contributed by atoms with van der Waals surface area (Å²) in [6.45, 7) is 7.80. The van der Waals surface area contributed by atoms with E-state index >= 15 is 0 Å². The minimum atomic E-state index is -0.593. The highest BCUT2D eigenvalue weighted by molar-refractivity contribution is 6.05. The lowest BCUT2D eigenvalue weighted by atomic mass is 9.80. The van der Waals surface area contributed by atoms with Crippen LogP contribution in [0, 0.1) is 5.92 Å². The Morgan fingerprint density at radius 3 is 2.37 bits per heavy atom. The minimum Gasteiger partial charge on any atom is -0.508 e. The molecule has 11 heteroatoms. The molecule has 5 aliphatic rings. The average Bonchev–Trinajstić information content (AvgIpc) is 3.53. The molecular weight excluding hydrogens is 681 g/mol. The number of hydrogen-bond donors (Lipinski definition) is 2. The number of anilines is 2. The first-order valence-electron chi connectivity index (χ1n) is 19.3. The molecule has 0 saturated carbocycles. The molecule has 3 saturated heterocycles. The van der Waals surface area contributed by atoms with Crippen LogP contribution in [0.25, 0.3) is 0 Å². The van der Waals surface area contributed by atoms with E-state index in [1.54, 1.807) is 11.0 Å². The van der Waals surface area contributed by atoms with E-state index in [9.17, 15) is 19.5 Å². The quantitative estimate of drug-likeness (QED) is 0.254. The van der Waals surface area contributed by atoms with Gasteiger partial charge in [0.15, 0.2) is 0 Å². The number of phenolic OH excluding ortho intramolecular Hbond substituents is 1. The second-order valence-electron chi connectivity index (χ2n) is 15.4. The first kappa shape index (κ1) is 34.5. The van der Waals surface area contributed by atoms with Crippen LogP contribution in [-0.4, -0.2) is 89.5 Å². The molecule has 4 aromatic rings. The third kappa shape index (κ3) is 6.71. The Balaban J connectivity index is 0.780. The fraction of sp³-hybridized carbons (Fsp3) is 0.395. The number of hydrogen-bond acceptors (Lipinski definition) is 9. The molecule has 54 heavy (non-hydrogen) atoms. The lowest BCUT2D eigenvalue weighted by molar-refractivity contribution is -0.136. The second kappa shape index (κ2) is 14.5. The average molecular weight is 727 g/mol. The van der Waals surface area contributed by atoms with Crippen LogP contribution in [0.3, 0.4) is 0 Å². The van der Waals surface area contributed by atoms with Gasteiger partial charge >= 0.3 is 0 Å². The number of rotatable bonds is 7. The van der Waals surface area contributed by atoms with Crippen LogP contribution in [0.5, 0.6) is 5.75 Å². The fourth-order valence-electron chi connectivity index (χ4n) is 9.17. The van der Waals surface area contributed by atoms with E-state index in [1.165, 1.54) is 5.56 Å². The maximum absolute atomic E-state index is 13.1. The number of benzene rings is 3. The van der Waals surface area contributed by atoms with Crippen molar-refractivity contribution < 1.29 is 24.2 Å². The maximum atomic E-state index is 13.1. The van der Waals surface area contributed by atoms with E-state index in [1.807, 2.05) is 36.5 Å². The highest BCUT2D eigenvalue weighted by Gasteiger charge is 2.39. The number of fused-ring (bicyclic) bond motifs is 2. The van der Waals surface area contributed by atoms with Crippen molar-refractivity contribution in [1.29, 1.82) is 0 Å². The van der Waals surface area contributed by atoms with Crippen LogP contribution in [0.1, 0.15) is 75.9 Å². The second-order valence-corrected chi connectivity index (χ2v) is 15.4. The van der Waals surface area contributed by atoms with Gasteiger partial charge in [0.25, 0.3) is 5.91 Å². The van der Waals surface area contributed by atoms with Gasteiger partial charge in [0, 0.05) is 82.1 Å². The molecule has 0 bridgehead atoms. The van der Waals surface area contributed by atoms with Gasteiger partial charge in [-0.2, -0.15) is 0 Å². The standard InChI is InChI=1S/C43H46N6O5/c50-34-8-10-35-32(23-34)27-54-41(29-4-2-1-3-5-29)40(35)30-6-12-38(44-24-30)48-16-14-28(15-17-48)25-46-18-20-47(21-19-46)33-7-9-36-31(22-33)26-49(43(36)53)37-11-13-39(51)45-42(37)52/h1-10,12,22-24,28,37,40-41,50H,11,13-21,25-27H2,(H,45,51,52)/t37-,40+,41+/m0/s1. The van der Waals surface area contributed by atoms with Crippen molar-refractivity contribution in [2.24, 2.45) is 5.92 Å². The smallest absolute Gasteiger partial charge is 0.255 e. The van der Waals surface area contributed by atoms with Crippen molar-refractivity contribution in [3.63, 3.8) is 0 Å². The van der Waals surface area contributed by atoms with E-state index in [0.29, 0.717) is 31.1 Å². The lowest BCUT2D eigenvalue weighted by Gasteiger charge is -2.40. The molecule has 2 N–H and O–H groups in total. The highest BCUT2D eigenvalue weighted by Crippen LogP contribution is 2.45. The zero-order valence-electron chi connectivity index (χ0n) is 30.4. The van der Waals surface area contributed by atoms with E-state index in [4.69, 9.17) is 9.72 Å². The monoisotopic (exact) mass is 726 g/mol. The molecule has 3 aromatic carbocycles. The van der Waals surface area contributed by atoms with Crippen molar-refractivity contribution in [2.75, 3.05) is 55.6 Å². The zero-order valence-corrected chi connectivity index (χ0v) is 30.4. The summed E-state index contributed by atoms with van der Waals surface area (Å²) < 4.78 is 6.42. The molecule has 3 atom stereocenters. The number of aromatic nitrogens is 1. The number of nitrogens with one attached hydrogen (secondary N) is 1. The first-order chi connectivity index (χ1) is 26.4. The van der Waals surface area contributed by atoms with Crippen molar-refractivity contribution in [2.45, 2.75) is 56.9 Å². The summed E-state index contributed by atoms with van der Waals surface area (Å²) in [5.41, 5.74) is 7.15. The molecule has 0 radical (unpaired) electrons. The predicted octanol–water partition coefficient (Wildman–Crippen LogP) is 4.99. The van der Waals surface area contributed by atoms with Crippen LogP contribution in [0.4, 0.5) is 11.5 Å². The molecular formula is C43H46N6O5. The first-order valence-corrected chi connectivity index (χ1v) is 19.3. The third-order valence-corrected chi connectivity index (χ3v) is 12.1. The van der Waals surface area contributed by atoms with Gasteiger partial charge in [-0.1, -0.05) is 42.5 Å². The van der Waals surface area contributed by atoms with E-state index in [0.717, 1.165) is 92.4 Å². The summed E-state index contributed by atoms with van der Waals surface area (Å²) in [5, 5.41) is 12.5. The third-order valence-electron chi connectivity index (χ3n) is 12.1. The van der Waals surface area contributed by atoms with E-state index < -0.39 is 6.04 Å². The van der Waals surface area contributed by atoms with Crippen LogP contribution in [0.2, 0.25) is 0 Å². The minimum absolute atomic E-state index is 0.0215. The molecule has 6 heterocycles. The molecule has 11 nitrogen and oxygen atoms in total. The van der Waals surface area contributed by atoms with Crippen molar-refractivity contribution in [3.05, 3.63) is 118 Å². The fourth-order valence-corrected chi connectivity index (χ4v) is 9.17. The van der Waals surface area contributed by atoms with Crippen LogP contribution < -0.4 is 15.1 Å². The Kier molecular flexibility index (Phi) is 9.28. The maximum Gasteiger partial charge on any atom is 0.255 e. The topological polar surface area (TPSA) is 119 Å². The summed E-state index contributed by atoms with van der Waals surface area (Å²) in [5.74, 6) is 1.12. The molecule has 0 spiro atoms. The number of ether oxygens (including phenoxy) is 1. The summed E-state index contributed by atoms with van der Waals surface area (Å²) in [6.07, 6.45) is 4.78. The van der Waals surface area contributed by atoms with E-state index in [2.05, 4.69) is 62.5 Å². The summed E-state index contributed by atoms with van der Waals surface area (Å²) in [4.78, 5) is 51.2. The van der Waals surface area contributed by atoms with Gasteiger partial charge in [-0.3, -0.25) is 24.6 Å². The van der Waals surface area contributed by atoms with Gasteiger partial charge < -0.3 is 24.5 Å². The Bertz CT molecular complexity index is 2040. The number of carbonyl (C=O) groups is 3. The summed E-state index contributed by atoms with van der Waals surface area (Å²) >= 11 is 0. The van der Waals surface area contributed by atoms with Crippen LogP contribution >= 0.6 is 0 Å². The van der Waals surface area contributed by atoms with Gasteiger partial charge in [-0.05, 0) is 89.4 Å². The largest absolute Gasteiger partial charge is 0.508 e. The van der Waals surface area contributed by atoms with Crippen molar-refractivity contribution in [1.82, 2.24) is 20.1 Å². The number of piperidine rings is 2. The summed E-state index contributed by atoms with van der Waals surface area (Å²) in [7, 11) is 0. The molecule has 1 aromatic heterocycles. The number of carbonyl (C=O) groups excluding carboxylic acids is 3. The molecule has 3 amide bonds. The molecule has 278 valence electrons. The van der Waals surface area contributed by atoms with Crippen molar-refractivity contribution >= 4 is 29.2 Å². The van der Waals surface area contributed by atoms with E-state index in [-0.39, 0.29) is 41.9 Å². The Morgan fingerprint density at radius 2 is 1.61 bits per heavy atom. The van der Waals surface area contributed by atoms with Crippen LogP contribution in [0.15, 0.2) is 85.1 Å². The molecule has 0 aliphatic carbocycles. The number of amides is 3. The Hall–Kier alpha value is -5.26. The van der Waals surface area contributed by atoms with Crippen molar-refractivity contribution in [3.8, 4) is 5.75 Å². The SMILES string of the molecule is O=C1CC[C@H](N2Cc3cc(N4CCN(CC5CCN(c6ccc([C@@H]7c8ccc(O)cc8CO[C@@H]7c7ccccc7)cn6)CC5)CC4)ccc3C2=O)C(=O)N1. The molecule has 5 aliphatic heterocycles. The zero-order chi connectivity index (χ0) is 36.8. The van der Waals surface area contributed by atoms with Gasteiger partial charge in [0.1, 0.15) is 17.6 Å². The Morgan fingerprint density at radius 1 is 0.796 bits per heavy atom. The van der Waals surface area contributed by atoms with Gasteiger partial charge in [-0.25, -0.2) is 4.98 Å². The molecule has 0 unspecified atom stereocenters. The van der Waals surface area contributed by atoms with Gasteiger partial charge in [-0.15, -0.1) is 0 Å². The van der Waals surface area contributed by atoms with Crippen LogP contribution in [-0.2, 0) is 27.5 Å². The number of imide groups is 1. The molecule has 3 fully saturated rings. The number of pyridine rings is 1. The number of aromatic hydroxyl groups is 1. The molecule has 9 rings (SSSR count). The predicted molar refractivity (Wildman–Crippen MR) is 204 cm³/mol. The van der Waals surface area contributed by atoms with Gasteiger partial charge in [0.2, 0.25) is 11.8 Å². The highest BCUT2D eigenvalue weighted by atomic mass is 16.5.